The molecule has 0 saturated carbocycles. The van der Waals surface area contributed by atoms with Crippen LogP contribution < -0.4 is 4.74 Å². The lowest BCUT2D eigenvalue weighted by Crippen LogP contribution is -1.96. The molecule has 0 aliphatic heterocycles. The van der Waals surface area contributed by atoms with E-state index in [-0.39, 0.29) is 12.4 Å². The van der Waals surface area contributed by atoms with Gasteiger partial charge in [0.1, 0.15) is 18.2 Å². The molecule has 0 N–H and O–H groups in total. The molecule has 0 heterocycles. The van der Waals surface area contributed by atoms with Crippen LogP contribution in [0.3, 0.4) is 0 Å². The average molecular weight is 384 g/mol. The van der Waals surface area contributed by atoms with Gasteiger partial charge in [0.05, 0.1) is 19.5 Å². The quantitative estimate of drug-likeness (QED) is 0.579. The van der Waals surface area contributed by atoms with E-state index >= 15 is 0 Å². The van der Waals surface area contributed by atoms with Crippen molar-refractivity contribution in [2.24, 2.45) is 0 Å². The maximum atomic E-state index is 13.1. The van der Waals surface area contributed by atoms with Crippen molar-refractivity contribution in [3.63, 3.8) is 0 Å². The number of ether oxygens (including phenoxy) is 1. The summed E-state index contributed by atoms with van der Waals surface area (Å²) in [5.74, 6) is 0.104. The molecular formula is C13H7BrCl3FO. The molecule has 0 aromatic heterocycles. The van der Waals surface area contributed by atoms with Gasteiger partial charge in [-0.25, -0.2) is 4.39 Å². The van der Waals surface area contributed by atoms with Crippen molar-refractivity contribution in [1.82, 2.24) is 0 Å². The van der Waals surface area contributed by atoms with E-state index < -0.39 is 0 Å². The van der Waals surface area contributed by atoms with E-state index in [4.69, 9.17) is 39.5 Å². The van der Waals surface area contributed by atoms with E-state index in [0.29, 0.717) is 25.3 Å². The Morgan fingerprint density at radius 1 is 1.00 bits per heavy atom. The molecule has 2 aromatic rings. The van der Waals surface area contributed by atoms with Crippen molar-refractivity contribution in [2.45, 2.75) is 6.61 Å². The molecule has 0 saturated heterocycles. The molecule has 0 fully saturated rings. The Kier molecular flexibility index (Phi) is 4.96. The highest BCUT2D eigenvalue weighted by atomic mass is 79.9. The SMILES string of the molecule is Fc1ccc(COc2cc(Cl)c(Cl)cc2Cl)cc1Br. The first kappa shape index (κ1) is 14.9. The zero-order chi connectivity index (χ0) is 14.0. The van der Waals surface area contributed by atoms with Gasteiger partial charge >= 0.3 is 0 Å². The fourth-order valence-corrected chi connectivity index (χ4v) is 2.42. The third-order valence-corrected chi connectivity index (χ3v) is 3.98. The largest absolute Gasteiger partial charge is 0.487 e. The Bertz CT molecular complexity index is 619. The molecule has 0 unspecified atom stereocenters. The molecule has 2 rings (SSSR count). The fraction of sp³-hybridized carbons (Fsp3) is 0.0769. The topological polar surface area (TPSA) is 9.23 Å². The normalized spacial score (nSPS) is 10.6. The highest BCUT2D eigenvalue weighted by Crippen LogP contribution is 2.34. The molecule has 0 amide bonds. The van der Waals surface area contributed by atoms with Crippen LogP contribution in [0.25, 0.3) is 0 Å². The smallest absolute Gasteiger partial charge is 0.139 e. The van der Waals surface area contributed by atoms with Crippen LogP contribution in [0.5, 0.6) is 5.75 Å². The summed E-state index contributed by atoms with van der Waals surface area (Å²) < 4.78 is 19.0. The zero-order valence-corrected chi connectivity index (χ0v) is 13.2. The number of benzene rings is 2. The molecule has 2 aromatic carbocycles. The maximum Gasteiger partial charge on any atom is 0.139 e. The van der Waals surface area contributed by atoms with Crippen LogP contribution >= 0.6 is 50.7 Å². The van der Waals surface area contributed by atoms with E-state index in [1.54, 1.807) is 18.2 Å². The minimum atomic E-state index is -0.323. The highest BCUT2D eigenvalue weighted by Gasteiger charge is 2.08. The minimum Gasteiger partial charge on any atom is -0.487 e. The van der Waals surface area contributed by atoms with E-state index in [1.165, 1.54) is 12.1 Å². The summed E-state index contributed by atoms with van der Waals surface area (Å²) in [5, 5.41) is 1.10. The standard InChI is InChI=1S/C13H7BrCl3FO/c14-8-3-7(1-2-12(8)18)6-19-13-5-10(16)9(15)4-11(13)17/h1-5H,6H2. The predicted molar refractivity (Wildman–Crippen MR) is 79.9 cm³/mol. The van der Waals surface area contributed by atoms with Gasteiger partial charge in [-0.1, -0.05) is 40.9 Å². The summed E-state index contributed by atoms with van der Waals surface area (Å²) >= 11 is 20.8. The molecule has 0 spiro atoms. The Balaban J connectivity index is 2.14. The molecule has 6 heteroatoms. The van der Waals surface area contributed by atoms with Gasteiger partial charge in [0, 0.05) is 6.07 Å². The zero-order valence-electron chi connectivity index (χ0n) is 9.39. The monoisotopic (exact) mass is 382 g/mol. The minimum absolute atomic E-state index is 0.247. The Morgan fingerprint density at radius 2 is 1.68 bits per heavy atom. The van der Waals surface area contributed by atoms with Gasteiger partial charge in [-0.3, -0.25) is 0 Å². The van der Waals surface area contributed by atoms with E-state index in [1.807, 2.05) is 0 Å². The average Bonchev–Trinajstić information content (AvgIpc) is 2.36. The molecule has 1 nitrogen and oxygen atoms in total. The molecule has 0 aliphatic carbocycles. The van der Waals surface area contributed by atoms with Gasteiger partial charge in [0.25, 0.3) is 0 Å². The van der Waals surface area contributed by atoms with Gasteiger partial charge in [-0.15, -0.1) is 0 Å². The molecule has 100 valence electrons. The number of rotatable bonds is 3. The van der Waals surface area contributed by atoms with Gasteiger partial charge in [-0.05, 0) is 39.7 Å². The summed E-state index contributed by atoms with van der Waals surface area (Å²) in [6.45, 7) is 0.247. The van der Waals surface area contributed by atoms with Crippen molar-refractivity contribution >= 4 is 50.7 Å². The van der Waals surface area contributed by atoms with Crippen LogP contribution in [-0.2, 0) is 6.61 Å². The summed E-state index contributed by atoms with van der Waals surface area (Å²) in [6.07, 6.45) is 0. The second-order valence-corrected chi connectivity index (χ2v) is 5.81. The summed E-state index contributed by atoms with van der Waals surface area (Å²) in [6, 6.07) is 7.69. The van der Waals surface area contributed by atoms with E-state index in [0.717, 1.165) is 5.56 Å². The molecular weight excluding hydrogens is 377 g/mol. The Morgan fingerprint density at radius 3 is 2.37 bits per heavy atom. The number of halogens is 5. The van der Waals surface area contributed by atoms with Crippen LogP contribution in [0.2, 0.25) is 15.1 Å². The van der Waals surface area contributed by atoms with Crippen LogP contribution in [0, 0.1) is 5.82 Å². The summed E-state index contributed by atoms with van der Waals surface area (Å²) in [5.41, 5.74) is 0.801. The summed E-state index contributed by atoms with van der Waals surface area (Å²) in [7, 11) is 0. The first-order valence-corrected chi connectivity index (χ1v) is 7.11. The Hall–Kier alpha value is -0.480. The Labute approximate surface area is 133 Å². The molecule has 0 atom stereocenters. The number of hydrogen-bond donors (Lipinski definition) is 0. The molecule has 0 radical (unpaired) electrons. The second kappa shape index (κ2) is 6.31. The van der Waals surface area contributed by atoms with Gasteiger partial charge in [0.15, 0.2) is 0 Å². The molecule has 0 aliphatic rings. The fourth-order valence-electron chi connectivity index (χ4n) is 1.41. The van der Waals surface area contributed by atoms with E-state index in [2.05, 4.69) is 15.9 Å². The van der Waals surface area contributed by atoms with Crippen molar-refractivity contribution in [1.29, 1.82) is 0 Å². The van der Waals surface area contributed by atoms with E-state index in [9.17, 15) is 4.39 Å². The van der Waals surface area contributed by atoms with Crippen LogP contribution in [0.4, 0.5) is 4.39 Å². The van der Waals surface area contributed by atoms with Crippen molar-refractivity contribution in [3.05, 3.63) is 61.3 Å². The maximum absolute atomic E-state index is 13.1. The highest BCUT2D eigenvalue weighted by molar-refractivity contribution is 9.10. The number of hydrogen-bond acceptors (Lipinski definition) is 1. The van der Waals surface area contributed by atoms with Crippen molar-refractivity contribution in [3.8, 4) is 5.75 Å². The van der Waals surface area contributed by atoms with Crippen molar-refractivity contribution < 1.29 is 9.13 Å². The lowest BCUT2D eigenvalue weighted by molar-refractivity contribution is 0.306. The lowest BCUT2D eigenvalue weighted by Gasteiger charge is -2.09. The third-order valence-electron chi connectivity index (χ3n) is 2.35. The first-order valence-electron chi connectivity index (χ1n) is 5.18. The molecule has 0 bridgehead atoms. The predicted octanol–water partition coefficient (Wildman–Crippen LogP) is 6.13. The summed E-state index contributed by atoms with van der Waals surface area (Å²) in [4.78, 5) is 0. The van der Waals surface area contributed by atoms with Crippen LogP contribution in [0.15, 0.2) is 34.8 Å². The third kappa shape index (κ3) is 3.76. The molecule has 19 heavy (non-hydrogen) atoms. The first-order chi connectivity index (χ1) is 8.97. The lowest BCUT2D eigenvalue weighted by atomic mass is 10.2. The van der Waals surface area contributed by atoms with Gasteiger partial charge in [-0.2, -0.15) is 0 Å². The second-order valence-electron chi connectivity index (χ2n) is 3.73. The van der Waals surface area contributed by atoms with Gasteiger partial charge in [0.2, 0.25) is 0 Å². The van der Waals surface area contributed by atoms with Crippen molar-refractivity contribution in [2.75, 3.05) is 0 Å². The van der Waals surface area contributed by atoms with Gasteiger partial charge < -0.3 is 4.74 Å². The van der Waals surface area contributed by atoms with Crippen LogP contribution in [0.1, 0.15) is 5.56 Å². The van der Waals surface area contributed by atoms with Crippen LogP contribution in [-0.4, -0.2) is 0 Å².